The zero-order chi connectivity index (χ0) is 40.4. The molecule has 0 spiro atoms. The van der Waals surface area contributed by atoms with Crippen molar-refractivity contribution in [3.05, 3.63) is 229 Å². The summed E-state index contributed by atoms with van der Waals surface area (Å²) in [7, 11) is 0. The third-order valence-electron chi connectivity index (χ3n) is 10.8. The SMILES string of the molecule is [C-]#[N+]c1cc(-c2ccc(-c3cc(-c4ccccc4)nc(-c4ccccc4)n3)cc2)cc([N+]#[C-])c1-n1c2ccccc2c2cc(N(c3ccccc3)c3ccccc3)ccc21. The number of hydrogen-bond donors (Lipinski definition) is 0. The van der Waals surface area contributed by atoms with Gasteiger partial charge in [0.15, 0.2) is 5.82 Å². The van der Waals surface area contributed by atoms with Crippen molar-refractivity contribution in [2.45, 2.75) is 0 Å². The summed E-state index contributed by atoms with van der Waals surface area (Å²) in [5.74, 6) is 0.654. The largest absolute Gasteiger partial charge is 0.329 e. The van der Waals surface area contributed by atoms with Crippen LogP contribution >= 0.6 is 0 Å². The van der Waals surface area contributed by atoms with Crippen molar-refractivity contribution in [2.24, 2.45) is 0 Å². The van der Waals surface area contributed by atoms with Gasteiger partial charge in [0.05, 0.1) is 41.3 Å². The van der Waals surface area contributed by atoms with Crippen molar-refractivity contribution in [1.82, 2.24) is 14.5 Å². The van der Waals surface area contributed by atoms with Gasteiger partial charge in [-0.15, -0.1) is 0 Å². The molecule has 0 N–H and O–H groups in total. The summed E-state index contributed by atoms with van der Waals surface area (Å²) in [6, 6.07) is 69.5. The van der Waals surface area contributed by atoms with Crippen LogP contribution in [0.1, 0.15) is 0 Å². The Balaban J connectivity index is 1.07. The highest BCUT2D eigenvalue weighted by molar-refractivity contribution is 6.12. The molecule has 2 aromatic heterocycles. The maximum absolute atomic E-state index is 8.43. The lowest BCUT2D eigenvalue weighted by Crippen LogP contribution is -2.09. The predicted molar refractivity (Wildman–Crippen MR) is 245 cm³/mol. The summed E-state index contributed by atoms with van der Waals surface area (Å²) in [6.45, 7) is 16.9. The van der Waals surface area contributed by atoms with Crippen molar-refractivity contribution in [3.63, 3.8) is 0 Å². The van der Waals surface area contributed by atoms with Crippen molar-refractivity contribution in [1.29, 1.82) is 0 Å². The highest BCUT2D eigenvalue weighted by Gasteiger charge is 2.22. The average molecular weight is 767 g/mol. The standard InChI is InChI=1S/C54H34N6/c1-55-49-33-41(37-27-29-39(30-28-37)48-36-47(38-17-7-3-8-18-38)57-54(58-48)40-19-9-4-10-20-40)34-50(56-2)53(49)60-51-26-16-15-25-45(51)46-35-44(31-32-52(46)60)59(42-21-11-5-12-22-42)43-23-13-6-14-24-43/h3-36H. The van der Waals surface area contributed by atoms with Gasteiger partial charge in [-0.25, -0.2) is 19.7 Å². The molecule has 0 bridgehead atoms. The molecule has 0 aliphatic heterocycles. The minimum atomic E-state index is 0.403. The van der Waals surface area contributed by atoms with Crippen LogP contribution in [0.3, 0.4) is 0 Å². The van der Waals surface area contributed by atoms with Gasteiger partial charge >= 0.3 is 0 Å². The summed E-state index contributed by atoms with van der Waals surface area (Å²) < 4.78 is 2.08. The number of aromatic nitrogens is 3. The molecular weight excluding hydrogens is 733 g/mol. The molecule has 6 nitrogen and oxygen atoms in total. The van der Waals surface area contributed by atoms with Gasteiger partial charge < -0.3 is 9.47 Å². The number of rotatable bonds is 8. The van der Waals surface area contributed by atoms with Gasteiger partial charge in [-0.2, -0.15) is 0 Å². The van der Waals surface area contributed by atoms with Gasteiger partial charge in [-0.05, 0) is 77.9 Å². The van der Waals surface area contributed by atoms with Crippen molar-refractivity contribution >= 4 is 50.2 Å². The summed E-state index contributed by atoms with van der Waals surface area (Å²) >= 11 is 0. The molecule has 0 atom stereocenters. The zero-order valence-corrected chi connectivity index (χ0v) is 32.3. The van der Waals surface area contributed by atoms with Crippen LogP contribution in [0.15, 0.2) is 206 Å². The van der Waals surface area contributed by atoms with Crippen LogP contribution in [-0.4, -0.2) is 14.5 Å². The van der Waals surface area contributed by atoms with E-state index >= 15 is 0 Å². The lowest BCUT2D eigenvalue weighted by atomic mass is 10.00. The van der Waals surface area contributed by atoms with E-state index in [2.05, 4.69) is 85.9 Å². The Hall–Kier alpha value is -8.58. The summed E-state index contributed by atoms with van der Waals surface area (Å²) in [4.78, 5) is 20.3. The van der Waals surface area contributed by atoms with Gasteiger partial charge in [0, 0.05) is 44.5 Å². The summed E-state index contributed by atoms with van der Waals surface area (Å²) in [5, 5.41) is 2.07. The minimum absolute atomic E-state index is 0.403. The molecule has 0 unspecified atom stereocenters. The number of nitrogens with zero attached hydrogens (tertiary/aromatic N) is 6. The Morgan fingerprint density at radius 1 is 0.383 bits per heavy atom. The summed E-state index contributed by atoms with van der Waals surface area (Å²) in [5.41, 5.74) is 12.6. The van der Waals surface area contributed by atoms with Crippen LogP contribution in [0.2, 0.25) is 0 Å². The molecular formula is C54H34N6. The number of para-hydroxylation sites is 3. The third-order valence-corrected chi connectivity index (χ3v) is 10.8. The molecule has 60 heavy (non-hydrogen) atoms. The first-order valence-corrected chi connectivity index (χ1v) is 19.6. The molecule has 0 aliphatic carbocycles. The van der Waals surface area contributed by atoms with E-state index in [-0.39, 0.29) is 0 Å². The van der Waals surface area contributed by atoms with Crippen LogP contribution < -0.4 is 4.90 Å². The molecule has 6 heteroatoms. The second-order valence-electron chi connectivity index (χ2n) is 14.4. The van der Waals surface area contributed by atoms with Gasteiger partial charge in [0.25, 0.3) is 0 Å². The Morgan fingerprint density at radius 2 is 0.867 bits per heavy atom. The van der Waals surface area contributed by atoms with Crippen LogP contribution in [0.5, 0.6) is 0 Å². The number of fused-ring (bicyclic) bond motifs is 3. The van der Waals surface area contributed by atoms with E-state index in [1.165, 1.54) is 0 Å². The minimum Gasteiger partial charge on any atom is -0.329 e. The smallest absolute Gasteiger partial charge is 0.200 e. The molecule has 0 aliphatic rings. The zero-order valence-electron chi connectivity index (χ0n) is 32.3. The van der Waals surface area contributed by atoms with Crippen molar-refractivity contribution < 1.29 is 0 Å². The Morgan fingerprint density at radius 3 is 1.45 bits per heavy atom. The summed E-state index contributed by atoms with van der Waals surface area (Å²) in [6.07, 6.45) is 0. The predicted octanol–water partition coefficient (Wildman–Crippen LogP) is 14.8. The molecule has 0 saturated heterocycles. The van der Waals surface area contributed by atoms with Crippen LogP contribution in [0.4, 0.5) is 28.4 Å². The third kappa shape index (κ3) is 6.51. The van der Waals surface area contributed by atoms with Gasteiger partial charge in [0.1, 0.15) is 0 Å². The quantitative estimate of drug-likeness (QED) is 0.145. The second-order valence-corrected chi connectivity index (χ2v) is 14.4. The van der Waals surface area contributed by atoms with E-state index in [4.69, 9.17) is 23.1 Å². The molecule has 0 amide bonds. The molecule has 8 aromatic carbocycles. The fourth-order valence-corrected chi connectivity index (χ4v) is 8.01. The van der Waals surface area contributed by atoms with E-state index in [9.17, 15) is 0 Å². The first-order valence-electron chi connectivity index (χ1n) is 19.6. The van der Waals surface area contributed by atoms with E-state index in [1.807, 2.05) is 140 Å². The number of benzene rings is 8. The molecule has 280 valence electrons. The lowest BCUT2D eigenvalue weighted by Gasteiger charge is -2.25. The van der Waals surface area contributed by atoms with Crippen LogP contribution in [0, 0.1) is 13.1 Å². The molecule has 10 aromatic rings. The monoisotopic (exact) mass is 766 g/mol. The Kier molecular flexibility index (Phi) is 9.19. The first kappa shape index (κ1) is 35.8. The van der Waals surface area contributed by atoms with E-state index in [0.717, 1.165) is 78.1 Å². The topological polar surface area (TPSA) is 42.7 Å². The van der Waals surface area contributed by atoms with E-state index in [1.54, 1.807) is 0 Å². The molecule has 0 radical (unpaired) electrons. The van der Waals surface area contributed by atoms with Gasteiger partial charge in [-0.1, -0.05) is 140 Å². The normalized spacial score (nSPS) is 11.0. The highest BCUT2D eigenvalue weighted by Crippen LogP contribution is 2.45. The van der Waals surface area contributed by atoms with Crippen molar-refractivity contribution in [3.8, 4) is 50.7 Å². The van der Waals surface area contributed by atoms with Gasteiger partial charge in [-0.3, -0.25) is 0 Å². The van der Waals surface area contributed by atoms with Crippen LogP contribution in [-0.2, 0) is 0 Å². The van der Waals surface area contributed by atoms with E-state index in [0.29, 0.717) is 22.9 Å². The molecule has 0 fully saturated rings. The first-order chi connectivity index (χ1) is 29.7. The number of anilines is 3. The average Bonchev–Trinajstić information content (AvgIpc) is 3.65. The van der Waals surface area contributed by atoms with Crippen LogP contribution in [0.25, 0.3) is 82.2 Å². The molecule has 0 saturated carbocycles. The Bertz CT molecular complexity index is 3120. The fourth-order valence-electron chi connectivity index (χ4n) is 8.01. The maximum Gasteiger partial charge on any atom is 0.200 e. The maximum atomic E-state index is 8.43. The highest BCUT2D eigenvalue weighted by atomic mass is 15.1. The van der Waals surface area contributed by atoms with Gasteiger partial charge in [0.2, 0.25) is 11.4 Å². The second kappa shape index (κ2) is 15.4. The molecule has 10 rings (SSSR count). The molecule has 2 heterocycles. The Labute approximate surface area is 348 Å². The lowest BCUT2D eigenvalue weighted by molar-refractivity contribution is 1.18. The fraction of sp³-hybridized carbons (Fsp3) is 0. The van der Waals surface area contributed by atoms with Crippen molar-refractivity contribution in [2.75, 3.05) is 4.90 Å². The van der Waals surface area contributed by atoms with E-state index < -0.39 is 0 Å². The number of hydrogen-bond acceptors (Lipinski definition) is 3.